The summed E-state index contributed by atoms with van der Waals surface area (Å²) in [6.45, 7) is 9.00. The molecule has 1 fully saturated rings. The van der Waals surface area contributed by atoms with Crippen LogP contribution in [0.1, 0.15) is 20.3 Å². The first-order chi connectivity index (χ1) is 7.95. The summed E-state index contributed by atoms with van der Waals surface area (Å²) in [5.74, 6) is -0.173. The largest absolute Gasteiger partial charge is 0.336 e. The van der Waals surface area contributed by atoms with Crippen molar-refractivity contribution in [2.24, 2.45) is 0 Å². The van der Waals surface area contributed by atoms with Crippen LogP contribution in [0.2, 0.25) is 0 Å². The number of rotatable bonds is 4. The Hall–Kier alpha value is -0.970. The summed E-state index contributed by atoms with van der Waals surface area (Å²) in [6.07, 6.45) is -1.27. The van der Waals surface area contributed by atoms with Gasteiger partial charge in [-0.25, -0.2) is 8.78 Å². The van der Waals surface area contributed by atoms with Gasteiger partial charge in [0.25, 0.3) is 0 Å². The fourth-order valence-electron chi connectivity index (χ4n) is 2.29. The molecule has 0 bridgehead atoms. The highest BCUT2D eigenvalue weighted by Gasteiger charge is 2.31. The summed E-state index contributed by atoms with van der Waals surface area (Å²) in [4.78, 5) is 15.1. The molecule has 1 amide bonds. The van der Waals surface area contributed by atoms with Crippen LogP contribution in [0.25, 0.3) is 0 Å². The number of halogens is 2. The highest BCUT2D eigenvalue weighted by molar-refractivity contribution is 5.87. The Bertz CT molecular complexity index is 282. The molecule has 1 aliphatic heterocycles. The molecular weight excluding hydrogens is 226 g/mol. The third-order valence-corrected chi connectivity index (χ3v) is 3.13. The number of amides is 1. The van der Waals surface area contributed by atoms with Crippen molar-refractivity contribution in [1.82, 2.24) is 9.80 Å². The Morgan fingerprint density at radius 1 is 1.47 bits per heavy atom. The SMILES string of the molecule is C=CC(=O)N1CCN(C(C)C)C(CC(F)F)C1. The molecule has 3 nitrogen and oxygen atoms in total. The van der Waals surface area contributed by atoms with Crippen molar-refractivity contribution in [1.29, 1.82) is 0 Å². The lowest BCUT2D eigenvalue weighted by atomic mass is 10.1. The van der Waals surface area contributed by atoms with Gasteiger partial charge in [-0.3, -0.25) is 9.69 Å². The van der Waals surface area contributed by atoms with Gasteiger partial charge >= 0.3 is 0 Å². The second kappa shape index (κ2) is 6.10. The first-order valence-electron chi connectivity index (χ1n) is 5.91. The van der Waals surface area contributed by atoms with E-state index >= 15 is 0 Å². The van der Waals surface area contributed by atoms with Crippen LogP contribution in [0.15, 0.2) is 12.7 Å². The normalized spacial score (nSPS) is 22.2. The standard InChI is InChI=1S/C12H20F2N2O/c1-4-12(17)15-5-6-16(9(2)3)10(8-15)7-11(13)14/h4,9-11H,1,5-8H2,2-3H3. The number of carbonyl (C=O) groups is 1. The molecule has 0 aromatic rings. The van der Waals surface area contributed by atoms with E-state index in [0.29, 0.717) is 19.6 Å². The predicted molar refractivity (Wildman–Crippen MR) is 63.0 cm³/mol. The molecule has 0 radical (unpaired) electrons. The quantitative estimate of drug-likeness (QED) is 0.706. The van der Waals surface area contributed by atoms with Crippen molar-refractivity contribution < 1.29 is 13.6 Å². The van der Waals surface area contributed by atoms with E-state index in [0.717, 1.165) is 0 Å². The van der Waals surface area contributed by atoms with Crippen molar-refractivity contribution in [3.8, 4) is 0 Å². The number of alkyl halides is 2. The van der Waals surface area contributed by atoms with E-state index in [-0.39, 0.29) is 24.4 Å². The third kappa shape index (κ3) is 3.77. The summed E-state index contributed by atoms with van der Waals surface area (Å²) in [5.41, 5.74) is 0. The van der Waals surface area contributed by atoms with Gasteiger partial charge in [0.2, 0.25) is 12.3 Å². The van der Waals surface area contributed by atoms with Crippen LogP contribution in [0.4, 0.5) is 8.78 Å². The first kappa shape index (κ1) is 14.1. The van der Waals surface area contributed by atoms with Crippen molar-refractivity contribution in [2.45, 2.75) is 38.8 Å². The molecule has 1 saturated heterocycles. The van der Waals surface area contributed by atoms with Crippen LogP contribution in [-0.2, 0) is 4.79 Å². The van der Waals surface area contributed by atoms with E-state index in [9.17, 15) is 13.6 Å². The van der Waals surface area contributed by atoms with Crippen LogP contribution in [-0.4, -0.2) is 53.9 Å². The van der Waals surface area contributed by atoms with Crippen LogP contribution >= 0.6 is 0 Å². The first-order valence-corrected chi connectivity index (χ1v) is 5.91. The second-order valence-electron chi connectivity index (χ2n) is 4.60. The highest BCUT2D eigenvalue weighted by atomic mass is 19.3. The number of piperazine rings is 1. The van der Waals surface area contributed by atoms with Crippen LogP contribution in [0.3, 0.4) is 0 Å². The summed E-state index contributed by atoms with van der Waals surface area (Å²) in [5, 5.41) is 0. The molecule has 0 aromatic carbocycles. The average molecular weight is 246 g/mol. The molecule has 1 atom stereocenters. The fraction of sp³-hybridized carbons (Fsp3) is 0.750. The van der Waals surface area contributed by atoms with Crippen molar-refractivity contribution in [3.63, 3.8) is 0 Å². The van der Waals surface area contributed by atoms with Crippen LogP contribution < -0.4 is 0 Å². The van der Waals surface area contributed by atoms with Crippen LogP contribution in [0.5, 0.6) is 0 Å². The molecule has 5 heteroatoms. The number of hydrogen-bond donors (Lipinski definition) is 0. The number of carbonyl (C=O) groups excluding carboxylic acids is 1. The highest BCUT2D eigenvalue weighted by Crippen LogP contribution is 2.19. The van der Waals surface area contributed by atoms with E-state index in [1.807, 2.05) is 18.7 Å². The minimum atomic E-state index is -2.33. The average Bonchev–Trinajstić information content (AvgIpc) is 2.26. The summed E-state index contributed by atoms with van der Waals surface area (Å²) in [6, 6.07) is -0.0348. The van der Waals surface area contributed by atoms with Crippen LogP contribution in [0, 0.1) is 0 Å². The number of nitrogens with zero attached hydrogens (tertiary/aromatic N) is 2. The van der Waals surface area contributed by atoms with E-state index in [4.69, 9.17) is 0 Å². The van der Waals surface area contributed by atoms with Gasteiger partial charge in [0.05, 0.1) is 0 Å². The smallest absolute Gasteiger partial charge is 0.246 e. The zero-order valence-electron chi connectivity index (χ0n) is 10.4. The Morgan fingerprint density at radius 2 is 2.12 bits per heavy atom. The Morgan fingerprint density at radius 3 is 2.59 bits per heavy atom. The van der Waals surface area contributed by atoms with Gasteiger partial charge in [0.15, 0.2) is 0 Å². The minimum Gasteiger partial charge on any atom is -0.336 e. The molecule has 0 saturated carbocycles. The Labute approximate surface area is 101 Å². The molecule has 0 N–H and O–H groups in total. The molecule has 1 aliphatic rings. The lowest BCUT2D eigenvalue weighted by molar-refractivity contribution is -0.130. The lowest BCUT2D eigenvalue weighted by Crippen LogP contribution is -2.56. The van der Waals surface area contributed by atoms with Gasteiger partial charge in [0.1, 0.15) is 0 Å². The van der Waals surface area contributed by atoms with E-state index in [1.54, 1.807) is 4.90 Å². The minimum absolute atomic E-state index is 0.173. The fourth-order valence-corrected chi connectivity index (χ4v) is 2.29. The molecule has 0 aromatic heterocycles. The van der Waals surface area contributed by atoms with Crippen molar-refractivity contribution in [2.75, 3.05) is 19.6 Å². The molecule has 0 aliphatic carbocycles. The molecular formula is C12H20F2N2O. The van der Waals surface area contributed by atoms with Crippen molar-refractivity contribution in [3.05, 3.63) is 12.7 Å². The molecule has 17 heavy (non-hydrogen) atoms. The topological polar surface area (TPSA) is 23.6 Å². The molecule has 0 spiro atoms. The molecule has 98 valence electrons. The zero-order chi connectivity index (χ0) is 13.0. The molecule has 1 heterocycles. The maximum atomic E-state index is 12.5. The van der Waals surface area contributed by atoms with Gasteiger partial charge in [-0.15, -0.1) is 0 Å². The van der Waals surface area contributed by atoms with E-state index in [2.05, 4.69) is 6.58 Å². The third-order valence-electron chi connectivity index (χ3n) is 3.13. The van der Waals surface area contributed by atoms with Gasteiger partial charge < -0.3 is 4.90 Å². The molecule has 1 unspecified atom stereocenters. The lowest BCUT2D eigenvalue weighted by Gasteiger charge is -2.43. The summed E-state index contributed by atoms with van der Waals surface area (Å²) in [7, 11) is 0. The Balaban J connectivity index is 2.69. The van der Waals surface area contributed by atoms with Gasteiger partial charge in [-0.05, 0) is 19.9 Å². The second-order valence-corrected chi connectivity index (χ2v) is 4.60. The summed E-state index contributed by atoms with van der Waals surface area (Å²) < 4.78 is 25.0. The van der Waals surface area contributed by atoms with Gasteiger partial charge in [0, 0.05) is 38.1 Å². The van der Waals surface area contributed by atoms with Crippen molar-refractivity contribution >= 4 is 5.91 Å². The molecule has 1 rings (SSSR count). The van der Waals surface area contributed by atoms with Gasteiger partial charge in [-0.2, -0.15) is 0 Å². The monoisotopic (exact) mass is 246 g/mol. The van der Waals surface area contributed by atoms with E-state index < -0.39 is 6.43 Å². The van der Waals surface area contributed by atoms with Gasteiger partial charge in [-0.1, -0.05) is 6.58 Å². The Kier molecular flexibility index (Phi) is 5.05. The number of hydrogen-bond acceptors (Lipinski definition) is 2. The predicted octanol–water partition coefficient (Wildman–Crippen LogP) is 1.75. The zero-order valence-corrected chi connectivity index (χ0v) is 10.4. The maximum Gasteiger partial charge on any atom is 0.246 e. The maximum absolute atomic E-state index is 12.5. The summed E-state index contributed by atoms with van der Waals surface area (Å²) >= 11 is 0. The van der Waals surface area contributed by atoms with E-state index in [1.165, 1.54) is 6.08 Å².